The molecule has 5 nitrogen and oxygen atoms in total. The SMILES string of the molecule is CCC1(CNC(=NC)NCCC(=O)NC2CCCCC2)CCC1.I. The molecule has 3 N–H and O–H groups in total. The van der Waals surface area contributed by atoms with Crippen LogP contribution in [-0.2, 0) is 4.79 Å². The summed E-state index contributed by atoms with van der Waals surface area (Å²) in [6, 6.07) is 0.400. The van der Waals surface area contributed by atoms with Crippen molar-refractivity contribution in [1.29, 1.82) is 0 Å². The highest BCUT2D eigenvalue weighted by molar-refractivity contribution is 14.0. The molecule has 2 rings (SSSR count). The maximum Gasteiger partial charge on any atom is 0.221 e. The van der Waals surface area contributed by atoms with Crippen LogP contribution in [0.5, 0.6) is 0 Å². The van der Waals surface area contributed by atoms with Crippen molar-refractivity contribution in [2.75, 3.05) is 20.1 Å². The lowest BCUT2D eigenvalue weighted by Gasteiger charge is -2.41. The summed E-state index contributed by atoms with van der Waals surface area (Å²) >= 11 is 0. The Morgan fingerprint density at radius 3 is 2.38 bits per heavy atom. The first kappa shape index (κ1) is 21.5. The largest absolute Gasteiger partial charge is 0.356 e. The van der Waals surface area contributed by atoms with Gasteiger partial charge in [-0.05, 0) is 37.5 Å². The van der Waals surface area contributed by atoms with E-state index in [1.807, 2.05) is 0 Å². The lowest BCUT2D eigenvalue weighted by atomic mass is 9.67. The molecule has 0 saturated heterocycles. The van der Waals surface area contributed by atoms with Gasteiger partial charge in [-0.25, -0.2) is 0 Å². The van der Waals surface area contributed by atoms with Gasteiger partial charge < -0.3 is 16.0 Å². The smallest absolute Gasteiger partial charge is 0.221 e. The molecule has 0 unspecified atom stereocenters. The quantitative estimate of drug-likeness (QED) is 0.317. The van der Waals surface area contributed by atoms with E-state index >= 15 is 0 Å². The number of rotatable bonds is 7. The molecule has 24 heavy (non-hydrogen) atoms. The lowest BCUT2D eigenvalue weighted by molar-refractivity contribution is -0.121. The molecule has 140 valence electrons. The number of hydrogen-bond donors (Lipinski definition) is 3. The predicted molar refractivity (Wildman–Crippen MR) is 111 cm³/mol. The van der Waals surface area contributed by atoms with Crippen molar-refractivity contribution in [2.45, 2.75) is 77.2 Å². The molecule has 0 aromatic carbocycles. The van der Waals surface area contributed by atoms with E-state index in [0.717, 1.165) is 25.3 Å². The molecule has 2 aliphatic rings. The maximum atomic E-state index is 12.0. The summed E-state index contributed by atoms with van der Waals surface area (Å²) in [6.07, 6.45) is 11.8. The average Bonchev–Trinajstić information content (AvgIpc) is 2.53. The summed E-state index contributed by atoms with van der Waals surface area (Å²) in [4.78, 5) is 16.2. The second-order valence-corrected chi connectivity index (χ2v) is 7.21. The first-order valence-corrected chi connectivity index (χ1v) is 9.41. The van der Waals surface area contributed by atoms with Crippen LogP contribution in [0.4, 0.5) is 0 Å². The number of carbonyl (C=O) groups is 1. The molecule has 2 fully saturated rings. The summed E-state index contributed by atoms with van der Waals surface area (Å²) in [7, 11) is 1.79. The molecule has 0 heterocycles. The fourth-order valence-electron chi connectivity index (χ4n) is 3.67. The van der Waals surface area contributed by atoms with Crippen LogP contribution >= 0.6 is 24.0 Å². The molecule has 6 heteroatoms. The molecule has 0 aromatic heterocycles. The van der Waals surface area contributed by atoms with Gasteiger partial charge in [0.15, 0.2) is 5.96 Å². The summed E-state index contributed by atoms with van der Waals surface area (Å²) in [6.45, 7) is 3.89. The van der Waals surface area contributed by atoms with Crippen molar-refractivity contribution in [3.8, 4) is 0 Å². The van der Waals surface area contributed by atoms with E-state index < -0.39 is 0 Å². The van der Waals surface area contributed by atoms with E-state index in [1.165, 1.54) is 44.9 Å². The van der Waals surface area contributed by atoms with Crippen molar-refractivity contribution >= 4 is 35.8 Å². The van der Waals surface area contributed by atoms with E-state index in [9.17, 15) is 4.79 Å². The van der Waals surface area contributed by atoms with E-state index in [-0.39, 0.29) is 29.9 Å². The van der Waals surface area contributed by atoms with Crippen molar-refractivity contribution in [3.63, 3.8) is 0 Å². The minimum atomic E-state index is 0. The molecule has 0 bridgehead atoms. The summed E-state index contributed by atoms with van der Waals surface area (Å²) in [5, 5.41) is 9.84. The first-order chi connectivity index (χ1) is 11.2. The Hall–Kier alpha value is -0.530. The topological polar surface area (TPSA) is 65.5 Å². The van der Waals surface area contributed by atoms with Crippen LogP contribution in [0.25, 0.3) is 0 Å². The van der Waals surface area contributed by atoms with Gasteiger partial charge in [-0.3, -0.25) is 9.79 Å². The molecular formula is C18H35IN4O. The zero-order chi connectivity index (χ0) is 16.5. The van der Waals surface area contributed by atoms with Gasteiger partial charge in [0.25, 0.3) is 0 Å². The number of halogens is 1. The molecule has 2 aliphatic carbocycles. The molecule has 0 aliphatic heterocycles. The minimum absolute atomic E-state index is 0. The monoisotopic (exact) mass is 450 g/mol. The van der Waals surface area contributed by atoms with Gasteiger partial charge in [0.2, 0.25) is 5.91 Å². The van der Waals surface area contributed by atoms with Crippen LogP contribution in [-0.4, -0.2) is 38.0 Å². The van der Waals surface area contributed by atoms with Crippen molar-refractivity contribution in [2.24, 2.45) is 10.4 Å². The van der Waals surface area contributed by atoms with E-state index in [2.05, 4.69) is 27.9 Å². The Morgan fingerprint density at radius 1 is 1.12 bits per heavy atom. The van der Waals surface area contributed by atoms with Crippen molar-refractivity contribution in [3.05, 3.63) is 0 Å². The van der Waals surface area contributed by atoms with E-state index in [1.54, 1.807) is 7.05 Å². The van der Waals surface area contributed by atoms with Gasteiger partial charge in [-0.15, -0.1) is 24.0 Å². The van der Waals surface area contributed by atoms with Crippen LogP contribution < -0.4 is 16.0 Å². The summed E-state index contributed by atoms with van der Waals surface area (Å²) in [5.74, 6) is 0.971. The first-order valence-electron chi connectivity index (χ1n) is 9.41. The van der Waals surface area contributed by atoms with Crippen LogP contribution in [0, 0.1) is 5.41 Å². The van der Waals surface area contributed by atoms with Gasteiger partial charge in [-0.1, -0.05) is 32.6 Å². The second kappa shape index (κ2) is 11.2. The van der Waals surface area contributed by atoms with Crippen molar-refractivity contribution < 1.29 is 4.79 Å². The maximum absolute atomic E-state index is 12.0. The fraction of sp³-hybridized carbons (Fsp3) is 0.889. The predicted octanol–water partition coefficient (Wildman–Crippen LogP) is 3.19. The molecule has 0 radical (unpaired) electrons. The highest BCUT2D eigenvalue weighted by atomic mass is 127. The molecule has 0 atom stereocenters. The van der Waals surface area contributed by atoms with Crippen LogP contribution in [0.3, 0.4) is 0 Å². The van der Waals surface area contributed by atoms with E-state index in [4.69, 9.17) is 0 Å². The van der Waals surface area contributed by atoms with Crippen LogP contribution in [0.2, 0.25) is 0 Å². The number of nitrogens with one attached hydrogen (secondary N) is 3. The van der Waals surface area contributed by atoms with Crippen LogP contribution in [0.1, 0.15) is 71.1 Å². The third kappa shape index (κ3) is 6.76. The zero-order valence-corrected chi connectivity index (χ0v) is 17.7. The fourth-order valence-corrected chi connectivity index (χ4v) is 3.67. The average molecular weight is 450 g/mol. The molecule has 2 saturated carbocycles. The third-order valence-electron chi connectivity index (χ3n) is 5.63. The highest BCUT2D eigenvalue weighted by Gasteiger charge is 2.34. The highest BCUT2D eigenvalue weighted by Crippen LogP contribution is 2.42. The van der Waals surface area contributed by atoms with Gasteiger partial charge in [-0.2, -0.15) is 0 Å². The Morgan fingerprint density at radius 2 is 1.83 bits per heavy atom. The van der Waals surface area contributed by atoms with Gasteiger partial charge in [0, 0.05) is 32.6 Å². The number of carbonyl (C=O) groups excluding carboxylic acids is 1. The van der Waals surface area contributed by atoms with Crippen molar-refractivity contribution in [1.82, 2.24) is 16.0 Å². The number of guanidine groups is 1. The summed E-state index contributed by atoms with van der Waals surface area (Å²) < 4.78 is 0. The third-order valence-corrected chi connectivity index (χ3v) is 5.63. The number of aliphatic imine (C=N–C) groups is 1. The zero-order valence-electron chi connectivity index (χ0n) is 15.3. The Kier molecular flexibility index (Phi) is 10.0. The normalized spacial score (nSPS) is 20.5. The summed E-state index contributed by atoms with van der Waals surface area (Å²) in [5.41, 5.74) is 0.468. The number of hydrogen-bond acceptors (Lipinski definition) is 2. The van der Waals surface area contributed by atoms with E-state index in [0.29, 0.717) is 24.4 Å². The van der Waals surface area contributed by atoms with Crippen LogP contribution in [0.15, 0.2) is 4.99 Å². The molecular weight excluding hydrogens is 415 g/mol. The number of nitrogens with zero attached hydrogens (tertiary/aromatic N) is 1. The van der Waals surface area contributed by atoms with Gasteiger partial charge in [0.1, 0.15) is 0 Å². The van der Waals surface area contributed by atoms with Gasteiger partial charge >= 0.3 is 0 Å². The molecule has 0 spiro atoms. The lowest BCUT2D eigenvalue weighted by Crippen LogP contribution is -2.47. The number of amides is 1. The Balaban J connectivity index is 0.00000288. The standard InChI is InChI=1S/C18H34N4O.HI/c1-3-18(11-7-12-18)14-21-17(19-2)20-13-10-16(23)22-15-8-5-4-6-9-15;/h15H,3-14H2,1-2H3,(H,22,23)(H2,19,20,21);1H. The van der Waals surface area contributed by atoms with Gasteiger partial charge in [0.05, 0.1) is 0 Å². The Bertz CT molecular complexity index is 398. The Labute approximate surface area is 164 Å². The minimum Gasteiger partial charge on any atom is -0.356 e. The second-order valence-electron chi connectivity index (χ2n) is 7.21. The molecule has 0 aromatic rings. The molecule has 1 amide bonds.